The molecule has 0 aliphatic carbocycles. The van der Waals surface area contributed by atoms with Crippen molar-refractivity contribution in [2.45, 2.75) is 37.2 Å². The molecule has 208 valence electrons. The highest BCUT2D eigenvalue weighted by atomic mass is 32.2. The number of amides is 1. The van der Waals surface area contributed by atoms with Crippen molar-refractivity contribution in [2.24, 2.45) is 0 Å². The molecular weight excluding hydrogens is 530 g/mol. The molecule has 0 radical (unpaired) electrons. The molecule has 1 saturated heterocycles. The summed E-state index contributed by atoms with van der Waals surface area (Å²) < 4.78 is 35.9. The first-order valence-corrected chi connectivity index (χ1v) is 14.5. The molecule has 5 rings (SSSR count). The van der Waals surface area contributed by atoms with Gasteiger partial charge in [-0.3, -0.25) is 4.79 Å². The summed E-state index contributed by atoms with van der Waals surface area (Å²) >= 11 is 0. The lowest BCUT2D eigenvalue weighted by atomic mass is 10.1. The van der Waals surface area contributed by atoms with E-state index in [9.17, 15) is 13.2 Å². The lowest BCUT2D eigenvalue weighted by Crippen LogP contribution is -2.40. The van der Waals surface area contributed by atoms with Crippen LogP contribution in [0.15, 0.2) is 72.4 Å². The average molecular weight is 562 g/mol. The maximum atomic E-state index is 12.9. The van der Waals surface area contributed by atoms with Crippen LogP contribution in [0.5, 0.6) is 5.75 Å². The van der Waals surface area contributed by atoms with Crippen molar-refractivity contribution >= 4 is 32.8 Å². The zero-order chi connectivity index (χ0) is 28.3. The number of carbonyl (C=O) groups excluding carboxylic acids is 1. The molecule has 4 aromatic rings. The second-order valence-corrected chi connectivity index (χ2v) is 11.2. The lowest BCUT2D eigenvalue weighted by molar-refractivity contribution is -0.127. The number of para-hydroxylation sites is 1. The van der Waals surface area contributed by atoms with Crippen LogP contribution in [0.3, 0.4) is 0 Å². The van der Waals surface area contributed by atoms with E-state index in [1.165, 1.54) is 18.5 Å². The number of anilines is 1. The van der Waals surface area contributed by atoms with Gasteiger partial charge >= 0.3 is 0 Å². The van der Waals surface area contributed by atoms with Crippen molar-refractivity contribution in [3.63, 3.8) is 0 Å². The fourth-order valence-corrected chi connectivity index (χ4v) is 6.08. The van der Waals surface area contributed by atoms with E-state index in [2.05, 4.69) is 21.3 Å². The van der Waals surface area contributed by atoms with Crippen molar-refractivity contribution in [3.8, 4) is 17.0 Å². The smallest absolute Gasteiger partial charge is 0.246 e. The first-order valence-electron chi connectivity index (χ1n) is 13.0. The Bertz CT molecular complexity index is 1650. The highest BCUT2D eigenvalue weighted by molar-refractivity contribution is 7.89. The Kier molecular flexibility index (Phi) is 7.81. The van der Waals surface area contributed by atoms with E-state index < -0.39 is 10.0 Å². The minimum atomic E-state index is -3.79. The van der Waals surface area contributed by atoms with Gasteiger partial charge in [0.15, 0.2) is 5.65 Å². The number of benzene rings is 2. The second-order valence-electron chi connectivity index (χ2n) is 9.44. The normalized spacial score (nSPS) is 15.7. The van der Waals surface area contributed by atoms with E-state index in [4.69, 9.17) is 15.6 Å². The van der Waals surface area contributed by atoms with Gasteiger partial charge in [0.05, 0.1) is 18.0 Å². The predicted molar refractivity (Wildman–Crippen MR) is 152 cm³/mol. The molecule has 1 fully saturated rings. The average Bonchev–Trinajstić information content (AvgIpc) is 3.37. The van der Waals surface area contributed by atoms with Crippen molar-refractivity contribution in [1.82, 2.24) is 29.4 Å². The summed E-state index contributed by atoms with van der Waals surface area (Å²) in [4.78, 5) is 22.8. The van der Waals surface area contributed by atoms with Crippen LogP contribution in [0.1, 0.15) is 31.4 Å². The lowest BCUT2D eigenvalue weighted by Gasteiger charge is -2.32. The molecule has 1 aliphatic heterocycles. The summed E-state index contributed by atoms with van der Waals surface area (Å²) in [5.74, 6) is 0.513. The molecule has 3 heterocycles. The Labute approximate surface area is 232 Å². The number of likely N-dealkylation sites (tertiary alicyclic amines) is 1. The van der Waals surface area contributed by atoms with Crippen molar-refractivity contribution in [3.05, 3.63) is 73.1 Å². The predicted octanol–water partition coefficient (Wildman–Crippen LogP) is 3.30. The third kappa shape index (κ3) is 5.40. The van der Waals surface area contributed by atoms with Gasteiger partial charge in [-0.1, -0.05) is 43.0 Å². The Hall–Kier alpha value is -4.29. The highest BCUT2D eigenvalue weighted by Gasteiger charge is 2.28. The van der Waals surface area contributed by atoms with E-state index in [0.29, 0.717) is 48.0 Å². The number of nitrogens with zero attached hydrogens (tertiary/aromatic N) is 5. The van der Waals surface area contributed by atoms with Gasteiger partial charge in [0.25, 0.3) is 0 Å². The molecule has 3 N–H and O–H groups in total. The summed E-state index contributed by atoms with van der Waals surface area (Å²) in [6, 6.07) is 13.9. The van der Waals surface area contributed by atoms with Crippen LogP contribution in [0, 0.1) is 0 Å². The molecule has 40 heavy (non-hydrogen) atoms. The van der Waals surface area contributed by atoms with Crippen LogP contribution in [-0.2, 0) is 21.4 Å². The number of nitrogens with one attached hydrogen (secondary N) is 1. The van der Waals surface area contributed by atoms with Crippen molar-refractivity contribution in [1.29, 1.82) is 0 Å². The molecule has 0 bridgehead atoms. The molecule has 1 amide bonds. The molecule has 2 aromatic heterocycles. The van der Waals surface area contributed by atoms with Gasteiger partial charge in [-0.15, -0.1) is 0 Å². The summed E-state index contributed by atoms with van der Waals surface area (Å²) in [6.07, 6.45) is 4.41. The van der Waals surface area contributed by atoms with Gasteiger partial charge < -0.3 is 15.4 Å². The number of sulfonamides is 1. The van der Waals surface area contributed by atoms with Crippen molar-refractivity contribution < 1.29 is 17.9 Å². The third-order valence-electron chi connectivity index (χ3n) is 6.88. The number of nitrogen functional groups attached to an aromatic ring is 1. The van der Waals surface area contributed by atoms with Crippen LogP contribution in [0.25, 0.3) is 22.3 Å². The maximum Gasteiger partial charge on any atom is 0.246 e. The molecule has 12 heteroatoms. The Balaban J connectivity index is 1.40. The monoisotopic (exact) mass is 561 g/mol. The summed E-state index contributed by atoms with van der Waals surface area (Å²) in [5.41, 5.74) is 9.05. The number of rotatable bonds is 9. The largest absolute Gasteiger partial charge is 0.492 e. The van der Waals surface area contributed by atoms with Gasteiger partial charge in [0.1, 0.15) is 28.5 Å². The van der Waals surface area contributed by atoms with Gasteiger partial charge in [-0.05, 0) is 43.5 Å². The number of aromatic nitrogens is 4. The van der Waals surface area contributed by atoms with Gasteiger partial charge in [-0.25, -0.2) is 27.8 Å². The summed E-state index contributed by atoms with van der Waals surface area (Å²) in [6.45, 7) is 7.04. The van der Waals surface area contributed by atoms with Crippen LogP contribution < -0.4 is 15.2 Å². The first-order chi connectivity index (χ1) is 19.3. The summed E-state index contributed by atoms with van der Waals surface area (Å²) in [5, 5.41) is 5.53. The minimum Gasteiger partial charge on any atom is -0.492 e. The first kappa shape index (κ1) is 27.3. The van der Waals surface area contributed by atoms with Gasteiger partial charge in [-0.2, -0.15) is 5.10 Å². The SMILES string of the molecule is C=CC(=O)N1CCCC(n2nc(-c3ccc(CNS(=O)(=O)c4ccccc4OCC)cc3)c3c(N)ncnc32)C1. The van der Waals surface area contributed by atoms with Crippen LogP contribution in [-0.4, -0.2) is 58.7 Å². The quantitative estimate of drug-likeness (QED) is 0.296. The van der Waals surface area contributed by atoms with Crippen LogP contribution in [0.4, 0.5) is 5.82 Å². The number of fused-ring (bicyclic) bond motifs is 1. The van der Waals surface area contributed by atoms with Crippen LogP contribution in [0.2, 0.25) is 0 Å². The summed E-state index contributed by atoms with van der Waals surface area (Å²) in [7, 11) is -3.79. The highest BCUT2D eigenvalue weighted by Crippen LogP contribution is 2.34. The fourth-order valence-electron chi connectivity index (χ4n) is 4.92. The Morgan fingerprint density at radius 3 is 2.73 bits per heavy atom. The van der Waals surface area contributed by atoms with Gasteiger partial charge in [0, 0.05) is 25.2 Å². The molecule has 2 aromatic carbocycles. The number of piperidine rings is 1. The third-order valence-corrected chi connectivity index (χ3v) is 8.32. The van der Waals surface area contributed by atoms with Crippen LogP contribution >= 0.6 is 0 Å². The number of hydrogen-bond donors (Lipinski definition) is 2. The molecule has 11 nitrogen and oxygen atoms in total. The van der Waals surface area contributed by atoms with E-state index in [-0.39, 0.29) is 23.4 Å². The standard InChI is InChI=1S/C28H31N7O4S/c1-3-24(36)34-15-7-8-21(17-34)35-28-25(27(29)30-18-31-28)26(33-35)20-13-11-19(12-14-20)16-32-40(37,38)23-10-6-5-9-22(23)39-4-2/h3,5-6,9-14,18,21,32H,1,4,7-8,15-17H2,2H3,(H2,29,30,31). The molecular formula is C28H31N7O4S. The zero-order valence-electron chi connectivity index (χ0n) is 22.2. The van der Waals surface area contributed by atoms with E-state index in [1.807, 2.05) is 28.9 Å². The molecule has 1 unspecified atom stereocenters. The molecule has 0 spiro atoms. The second kappa shape index (κ2) is 11.4. The molecule has 1 aliphatic rings. The number of carbonyl (C=O) groups is 1. The zero-order valence-corrected chi connectivity index (χ0v) is 23.0. The Morgan fingerprint density at radius 2 is 1.98 bits per heavy atom. The fraction of sp³-hybridized carbons (Fsp3) is 0.286. The molecule has 1 atom stereocenters. The maximum absolute atomic E-state index is 12.9. The van der Waals surface area contributed by atoms with Crippen molar-refractivity contribution in [2.75, 3.05) is 25.4 Å². The Morgan fingerprint density at radius 1 is 1.20 bits per heavy atom. The van der Waals surface area contributed by atoms with E-state index in [0.717, 1.165) is 24.0 Å². The number of ether oxygens (including phenoxy) is 1. The van der Waals surface area contributed by atoms with Gasteiger partial charge in [0.2, 0.25) is 15.9 Å². The number of hydrogen-bond acceptors (Lipinski definition) is 8. The topological polar surface area (TPSA) is 145 Å². The molecule has 0 saturated carbocycles. The number of nitrogens with two attached hydrogens (primary N) is 1. The van der Waals surface area contributed by atoms with E-state index >= 15 is 0 Å². The minimum absolute atomic E-state index is 0.0727. The van der Waals surface area contributed by atoms with E-state index in [1.54, 1.807) is 30.0 Å².